The monoisotopic (exact) mass is 216 g/mol. The second-order valence-corrected chi connectivity index (χ2v) is 3.61. The average Bonchev–Trinajstić information content (AvgIpc) is 2.28. The first-order valence-electron chi connectivity index (χ1n) is 5.08. The lowest BCUT2D eigenvalue weighted by molar-refractivity contribution is 0.628. The van der Waals surface area contributed by atoms with E-state index in [0.29, 0.717) is 6.54 Å². The zero-order valence-electron chi connectivity index (χ0n) is 8.78. The lowest BCUT2D eigenvalue weighted by atomic mass is 10.2. The van der Waals surface area contributed by atoms with E-state index in [1.807, 2.05) is 24.3 Å². The quantitative estimate of drug-likeness (QED) is 0.774. The van der Waals surface area contributed by atoms with Gasteiger partial charge in [-0.1, -0.05) is 12.1 Å². The molecule has 2 aromatic rings. The fourth-order valence-electron chi connectivity index (χ4n) is 1.47. The molecule has 3 heteroatoms. The van der Waals surface area contributed by atoms with Crippen LogP contribution in [-0.4, -0.2) is 0 Å². The van der Waals surface area contributed by atoms with Crippen LogP contribution in [0.3, 0.4) is 0 Å². The molecule has 3 N–H and O–H groups in total. The van der Waals surface area contributed by atoms with Crippen LogP contribution < -0.4 is 11.1 Å². The number of rotatable bonds is 3. The van der Waals surface area contributed by atoms with Gasteiger partial charge in [-0.3, -0.25) is 0 Å². The molecule has 0 unspecified atom stereocenters. The van der Waals surface area contributed by atoms with E-state index in [1.165, 1.54) is 12.1 Å². The molecule has 0 bridgehead atoms. The summed E-state index contributed by atoms with van der Waals surface area (Å²) in [6.07, 6.45) is 0. The summed E-state index contributed by atoms with van der Waals surface area (Å²) in [7, 11) is 0. The first-order valence-corrected chi connectivity index (χ1v) is 5.08. The summed E-state index contributed by atoms with van der Waals surface area (Å²) in [5.41, 5.74) is 8.41. The minimum atomic E-state index is -0.227. The molecule has 0 aliphatic carbocycles. The van der Waals surface area contributed by atoms with Crippen molar-refractivity contribution >= 4 is 11.4 Å². The maximum atomic E-state index is 12.7. The van der Waals surface area contributed by atoms with E-state index < -0.39 is 0 Å². The van der Waals surface area contributed by atoms with Crippen LogP contribution in [0.25, 0.3) is 0 Å². The van der Waals surface area contributed by atoms with Gasteiger partial charge in [-0.15, -0.1) is 0 Å². The lowest BCUT2D eigenvalue weighted by Crippen LogP contribution is -1.99. The van der Waals surface area contributed by atoms with Gasteiger partial charge in [0.25, 0.3) is 0 Å². The number of hydrogen-bond acceptors (Lipinski definition) is 2. The van der Waals surface area contributed by atoms with Gasteiger partial charge in [0.15, 0.2) is 0 Å². The number of nitrogens with one attached hydrogen (secondary N) is 1. The van der Waals surface area contributed by atoms with E-state index in [4.69, 9.17) is 5.73 Å². The highest BCUT2D eigenvalue weighted by Crippen LogP contribution is 2.11. The van der Waals surface area contributed by atoms with E-state index in [0.717, 1.165) is 16.9 Å². The molecule has 2 aromatic carbocycles. The van der Waals surface area contributed by atoms with Crippen molar-refractivity contribution in [2.24, 2.45) is 0 Å². The number of hydrogen-bond donors (Lipinski definition) is 2. The van der Waals surface area contributed by atoms with Gasteiger partial charge in [-0.25, -0.2) is 4.39 Å². The molecular formula is C13H13FN2. The van der Waals surface area contributed by atoms with Crippen LogP contribution in [0.15, 0.2) is 48.5 Å². The molecule has 0 saturated heterocycles. The summed E-state index contributed by atoms with van der Waals surface area (Å²) in [5.74, 6) is -0.227. The summed E-state index contributed by atoms with van der Waals surface area (Å²) in [6, 6.07) is 14.0. The van der Waals surface area contributed by atoms with Crippen LogP contribution in [0.1, 0.15) is 5.56 Å². The maximum Gasteiger partial charge on any atom is 0.123 e. The van der Waals surface area contributed by atoms with Crippen molar-refractivity contribution in [2.45, 2.75) is 6.54 Å². The molecule has 82 valence electrons. The molecule has 16 heavy (non-hydrogen) atoms. The van der Waals surface area contributed by atoms with Crippen LogP contribution in [0, 0.1) is 5.82 Å². The van der Waals surface area contributed by atoms with E-state index in [1.54, 1.807) is 12.1 Å². The van der Waals surface area contributed by atoms with Crippen molar-refractivity contribution in [3.05, 3.63) is 59.9 Å². The van der Waals surface area contributed by atoms with Gasteiger partial charge in [0.1, 0.15) is 5.82 Å². The number of anilines is 2. The fraction of sp³-hybridized carbons (Fsp3) is 0.0769. The van der Waals surface area contributed by atoms with E-state index in [9.17, 15) is 4.39 Å². The summed E-state index contributed by atoms with van der Waals surface area (Å²) in [6.45, 7) is 0.677. The molecule has 0 heterocycles. The zero-order chi connectivity index (χ0) is 11.4. The van der Waals surface area contributed by atoms with Crippen LogP contribution in [0.4, 0.5) is 15.8 Å². The van der Waals surface area contributed by atoms with Crippen molar-refractivity contribution in [3.8, 4) is 0 Å². The third kappa shape index (κ3) is 2.73. The highest BCUT2D eigenvalue weighted by molar-refractivity contribution is 5.45. The second-order valence-electron chi connectivity index (χ2n) is 3.61. The predicted molar refractivity (Wildman–Crippen MR) is 64.6 cm³/mol. The molecule has 0 amide bonds. The van der Waals surface area contributed by atoms with Crippen molar-refractivity contribution < 1.29 is 4.39 Å². The van der Waals surface area contributed by atoms with Crippen LogP contribution in [0.5, 0.6) is 0 Å². The molecule has 0 aliphatic rings. The van der Waals surface area contributed by atoms with Gasteiger partial charge in [-0.2, -0.15) is 0 Å². The van der Waals surface area contributed by atoms with Gasteiger partial charge >= 0.3 is 0 Å². The number of halogens is 1. The average molecular weight is 216 g/mol. The minimum Gasteiger partial charge on any atom is -0.399 e. The third-order valence-corrected chi connectivity index (χ3v) is 2.29. The summed E-state index contributed by atoms with van der Waals surface area (Å²) < 4.78 is 12.7. The van der Waals surface area contributed by atoms with Gasteiger partial charge in [0, 0.05) is 17.9 Å². The van der Waals surface area contributed by atoms with E-state index in [-0.39, 0.29) is 5.82 Å². The summed E-state index contributed by atoms with van der Waals surface area (Å²) >= 11 is 0. The van der Waals surface area contributed by atoms with Crippen LogP contribution in [-0.2, 0) is 6.54 Å². The molecule has 0 saturated carbocycles. The van der Waals surface area contributed by atoms with E-state index >= 15 is 0 Å². The largest absolute Gasteiger partial charge is 0.399 e. The Bertz CT molecular complexity index is 466. The van der Waals surface area contributed by atoms with Crippen LogP contribution in [0.2, 0.25) is 0 Å². The number of nitrogens with two attached hydrogens (primary N) is 1. The first-order chi connectivity index (χ1) is 7.74. The molecule has 2 rings (SSSR count). The molecule has 0 aromatic heterocycles. The Morgan fingerprint density at radius 1 is 1.06 bits per heavy atom. The lowest BCUT2D eigenvalue weighted by Gasteiger charge is -2.06. The van der Waals surface area contributed by atoms with Crippen molar-refractivity contribution in [2.75, 3.05) is 11.1 Å². The molecule has 2 nitrogen and oxygen atoms in total. The first kappa shape index (κ1) is 10.5. The Morgan fingerprint density at radius 2 is 1.81 bits per heavy atom. The normalized spacial score (nSPS) is 10.1. The Kier molecular flexibility index (Phi) is 3.05. The SMILES string of the molecule is Nc1cccc(CNc2ccc(F)cc2)c1. The molecule has 0 fully saturated rings. The second kappa shape index (κ2) is 4.66. The van der Waals surface area contributed by atoms with Crippen molar-refractivity contribution in [1.82, 2.24) is 0 Å². The Balaban J connectivity index is 1.99. The fourth-order valence-corrected chi connectivity index (χ4v) is 1.47. The number of benzene rings is 2. The maximum absolute atomic E-state index is 12.7. The third-order valence-electron chi connectivity index (χ3n) is 2.29. The molecule has 0 spiro atoms. The van der Waals surface area contributed by atoms with Gasteiger partial charge in [0.05, 0.1) is 0 Å². The predicted octanol–water partition coefficient (Wildman–Crippen LogP) is 3.02. The van der Waals surface area contributed by atoms with Crippen molar-refractivity contribution in [1.29, 1.82) is 0 Å². The topological polar surface area (TPSA) is 38.0 Å². The Morgan fingerprint density at radius 3 is 2.50 bits per heavy atom. The molecular weight excluding hydrogens is 203 g/mol. The summed E-state index contributed by atoms with van der Waals surface area (Å²) in [5, 5.41) is 3.19. The number of nitrogen functional groups attached to an aromatic ring is 1. The van der Waals surface area contributed by atoms with Gasteiger partial charge in [0.2, 0.25) is 0 Å². The van der Waals surface area contributed by atoms with Crippen LogP contribution >= 0.6 is 0 Å². The summed E-state index contributed by atoms with van der Waals surface area (Å²) in [4.78, 5) is 0. The Labute approximate surface area is 93.9 Å². The van der Waals surface area contributed by atoms with Crippen molar-refractivity contribution in [3.63, 3.8) is 0 Å². The Hall–Kier alpha value is -2.03. The smallest absolute Gasteiger partial charge is 0.123 e. The standard InChI is InChI=1S/C13H13FN2/c14-11-4-6-13(7-5-11)16-9-10-2-1-3-12(15)8-10/h1-8,16H,9,15H2. The molecule has 0 aliphatic heterocycles. The van der Waals surface area contributed by atoms with Gasteiger partial charge < -0.3 is 11.1 Å². The highest BCUT2D eigenvalue weighted by Gasteiger charge is 1.95. The highest BCUT2D eigenvalue weighted by atomic mass is 19.1. The molecule has 0 radical (unpaired) electrons. The van der Waals surface area contributed by atoms with E-state index in [2.05, 4.69) is 5.32 Å². The molecule has 0 atom stereocenters. The van der Waals surface area contributed by atoms with Gasteiger partial charge in [-0.05, 0) is 42.0 Å². The zero-order valence-corrected chi connectivity index (χ0v) is 8.78. The minimum absolute atomic E-state index is 0.227.